The summed E-state index contributed by atoms with van der Waals surface area (Å²) in [7, 11) is -2.50. The SMILES string of the molecule is CCCNC(=O)[C@@H](Cc1ccccc1)NS(=O)(=O)c1ccc(OC)c(Cl)c1. The zero-order chi connectivity index (χ0) is 19.9. The third kappa shape index (κ3) is 5.95. The lowest BCUT2D eigenvalue weighted by Crippen LogP contribution is -2.48. The molecule has 0 aromatic heterocycles. The van der Waals surface area contributed by atoms with Crippen molar-refractivity contribution in [3.8, 4) is 5.75 Å². The minimum atomic E-state index is -3.95. The average molecular weight is 411 g/mol. The molecule has 0 fully saturated rings. The lowest BCUT2D eigenvalue weighted by Gasteiger charge is -2.19. The molecule has 0 aliphatic carbocycles. The Morgan fingerprint density at radius 1 is 1.19 bits per heavy atom. The molecule has 8 heteroatoms. The topological polar surface area (TPSA) is 84.5 Å². The third-order valence-electron chi connectivity index (χ3n) is 3.88. The molecule has 0 bridgehead atoms. The van der Waals surface area contributed by atoms with Gasteiger partial charge in [0.05, 0.1) is 17.0 Å². The number of hydrogen-bond donors (Lipinski definition) is 2. The summed E-state index contributed by atoms with van der Waals surface area (Å²) in [5.41, 5.74) is 0.851. The quantitative estimate of drug-likeness (QED) is 0.665. The summed E-state index contributed by atoms with van der Waals surface area (Å²) in [6.45, 7) is 2.40. The van der Waals surface area contributed by atoms with Gasteiger partial charge in [0.2, 0.25) is 15.9 Å². The Balaban J connectivity index is 2.26. The first-order valence-corrected chi connectivity index (χ1v) is 10.4. The second-order valence-electron chi connectivity index (χ2n) is 5.95. The summed E-state index contributed by atoms with van der Waals surface area (Å²) in [6.07, 6.45) is 0.990. The van der Waals surface area contributed by atoms with Crippen LogP contribution < -0.4 is 14.8 Å². The predicted octanol–water partition coefficient (Wildman–Crippen LogP) is 2.76. The molecule has 0 unspecified atom stereocenters. The molecule has 0 heterocycles. The number of benzene rings is 2. The lowest BCUT2D eigenvalue weighted by atomic mass is 10.1. The van der Waals surface area contributed by atoms with Gasteiger partial charge < -0.3 is 10.1 Å². The Morgan fingerprint density at radius 3 is 2.48 bits per heavy atom. The molecule has 6 nitrogen and oxygen atoms in total. The fourth-order valence-corrected chi connectivity index (χ4v) is 4.02. The smallest absolute Gasteiger partial charge is 0.241 e. The van der Waals surface area contributed by atoms with Gasteiger partial charge in [0.25, 0.3) is 0 Å². The Hall–Kier alpha value is -2.09. The second-order valence-corrected chi connectivity index (χ2v) is 8.07. The van der Waals surface area contributed by atoms with Gasteiger partial charge in [-0.05, 0) is 36.6 Å². The first-order chi connectivity index (χ1) is 12.9. The van der Waals surface area contributed by atoms with Gasteiger partial charge >= 0.3 is 0 Å². The normalized spacial score (nSPS) is 12.4. The summed E-state index contributed by atoms with van der Waals surface area (Å²) >= 11 is 6.04. The average Bonchev–Trinajstić information content (AvgIpc) is 2.66. The van der Waals surface area contributed by atoms with E-state index in [4.69, 9.17) is 16.3 Å². The van der Waals surface area contributed by atoms with Gasteiger partial charge in [0.1, 0.15) is 11.8 Å². The van der Waals surface area contributed by atoms with Crippen LogP contribution in [0.5, 0.6) is 5.75 Å². The Morgan fingerprint density at radius 2 is 1.89 bits per heavy atom. The number of sulfonamides is 1. The Kier molecular flexibility index (Phi) is 7.65. The highest BCUT2D eigenvalue weighted by Gasteiger charge is 2.26. The van der Waals surface area contributed by atoms with Crippen LogP contribution in [0.2, 0.25) is 5.02 Å². The standard InChI is InChI=1S/C19H23ClN2O4S/c1-3-11-21-19(23)17(12-14-7-5-4-6-8-14)22-27(24,25)15-9-10-18(26-2)16(20)13-15/h4-10,13,17,22H,3,11-12H2,1-2H3,(H,21,23)/t17-/m1/s1. The Bertz CT molecular complexity index is 873. The molecule has 27 heavy (non-hydrogen) atoms. The number of amides is 1. The maximum absolute atomic E-state index is 12.8. The minimum absolute atomic E-state index is 0.0327. The zero-order valence-corrected chi connectivity index (χ0v) is 16.8. The van der Waals surface area contributed by atoms with Gasteiger partial charge in [-0.3, -0.25) is 4.79 Å². The van der Waals surface area contributed by atoms with Crippen LogP contribution in [0.25, 0.3) is 0 Å². The van der Waals surface area contributed by atoms with Gasteiger partial charge in [-0.15, -0.1) is 0 Å². The third-order valence-corrected chi connectivity index (χ3v) is 5.64. The molecule has 1 amide bonds. The number of halogens is 1. The summed E-state index contributed by atoms with van der Waals surface area (Å²) < 4.78 is 33.1. The number of methoxy groups -OCH3 is 1. The molecular weight excluding hydrogens is 388 g/mol. The van der Waals surface area contributed by atoms with Crippen LogP contribution in [-0.2, 0) is 21.2 Å². The Labute approximate surface area is 164 Å². The molecule has 146 valence electrons. The van der Waals surface area contributed by atoms with Crippen molar-refractivity contribution in [2.75, 3.05) is 13.7 Å². The molecule has 2 N–H and O–H groups in total. The van der Waals surface area contributed by atoms with Crippen molar-refractivity contribution in [2.45, 2.75) is 30.7 Å². The molecule has 2 aromatic carbocycles. The molecule has 0 aliphatic heterocycles. The fourth-order valence-electron chi connectivity index (χ4n) is 2.48. The lowest BCUT2D eigenvalue weighted by molar-refractivity contribution is -0.122. The van der Waals surface area contributed by atoms with Crippen molar-refractivity contribution in [1.29, 1.82) is 0 Å². The maximum atomic E-state index is 12.8. The number of ether oxygens (including phenoxy) is 1. The molecule has 1 atom stereocenters. The number of hydrogen-bond acceptors (Lipinski definition) is 4. The largest absolute Gasteiger partial charge is 0.495 e. The van der Waals surface area contributed by atoms with E-state index < -0.39 is 16.1 Å². The maximum Gasteiger partial charge on any atom is 0.241 e. The van der Waals surface area contributed by atoms with Crippen molar-refractivity contribution < 1.29 is 17.9 Å². The van der Waals surface area contributed by atoms with Crippen molar-refractivity contribution in [3.05, 3.63) is 59.1 Å². The molecule has 0 saturated carbocycles. The number of rotatable bonds is 9. The second kappa shape index (κ2) is 9.73. The van der Waals surface area contributed by atoms with E-state index in [1.165, 1.54) is 25.3 Å². The molecule has 0 aliphatic rings. The van der Waals surface area contributed by atoms with Gasteiger partial charge in [0.15, 0.2) is 0 Å². The van der Waals surface area contributed by atoms with E-state index in [1.54, 1.807) is 0 Å². The highest BCUT2D eigenvalue weighted by Crippen LogP contribution is 2.27. The van der Waals surface area contributed by atoms with E-state index in [1.807, 2.05) is 37.3 Å². The van der Waals surface area contributed by atoms with Crippen LogP contribution in [0.4, 0.5) is 0 Å². The van der Waals surface area contributed by atoms with Crippen LogP contribution in [-0.4, -0.2) is 34.0 Å². The van der Waals surface area contributed by atoms with E-state index >= 15 is 0 Å². The van der Waals surface area contributed by atoms with Gasteiger partial charge in [-0.1, -0.05) is 48.9 Å². The number of nitrogens with one attached hydrogen (secondary N) is 2. The van der Waals surface area contributed by atoms with E-state index in [9.17, 15) is 13.2 Å². The fraction of sp³-hybridized carbons (Fsp3) is 0.316. The molecule has 0 saturated heterocycles. The molecule has 0 radical (unpaired) electrons. The summed E-state index contributed by atoms with van der Waals surface area (Å²) in [4.78, 5) is 12.5. The van der Waals surface area contributed by atoms with Crippen LogP contribution in [0, 0.1) is 0 Å². The first-order valence-electron chi connectivity index (χ1n) is 8.55. The molecule has 2 rings (SSSR count). The number of carbonyl (C=O) groups is 1. The van der Waals surface area contributed by atoms with Crippen LogP contribution >= 0.6 is 11.6 Å². The minimum Gasteiger partial charge on any atom is -0.495 e. The molecule has 2 aromatic rings. The van der Waals surface area contributed by atoms with Crippen LogP contribution in [0.3, 0.4) is 0 Å². The van der Waals surface area contributed by atoms with E-state index in [0.29, 0.717) is 12.3 Å². The first kappa shape index (κ1) is 21.2. The van der Waals surface area contributed by atoms with Gasteiger partial charge in [-0.2, -0.15) is 4.72 Å². The van der Waals surface area contributed by atoms with E-state index in [2.05, 4.69) is 10.0 Å². The highest BCUT2D eigenvalue weighted by atomic mass is 35.5. The van der Waals surface area contributed by atoms with Crippen molar-refractivity contribution in [1.82, 2.24) is 10.0 Å². The summed E-state index contributed by atoms with van der Waals surface area (Å²) in [5, 5.41) is 2.92. The molecule has 0 spiro atoms. The van der Waals surface area contributed by atoms with Crippen molar-refractivity contribution in [3.63, 3.8) is 0 Å². The zero-order valence-electron chi connectivity index (χ0n) is 15.2. The molecular formula is C19H23ClN2O4S. The van der Waals surface area contributed by atoms with E-state index in [-0.39, 0.29) is 22.2 Å². The van der Waals surface area contributed by atoms with Crippen LogP contribution in [0.1, 0.15) is 18.9 Å². The number of carbonyl (C=O) groups excluding carboxylic acids is 1. The summed E-state index contributed by atoms with van der Waals surface area (Å²) in [5.74, 6) is 0.000952. The van der Waals surface area contributed by atoms with Gasteiger partial charge in [0, 0.05) is 6.54 Å². The van der Waals surface area contributed by atoms with Gasteiger partial charge in [-0.25, -0.2) is 8.42 Å². The van der Waals surface area contributed by atoms with Crippen molar-refractivity contribution in [2.24, 2.45) is 0 Å². The summed E-state index contributed by atoms with van der Waals surface area (Å²) in [6, 6.07) is 12.5. The van der Waals surface area contributed by atoms with Crippen LogP contribution in [0.15, 0.2) is 53.4 Å². The van der Waals surface area contributed by atoms with Crippen molar-refractivity contribution >= 4 is 27.5 Å². The monoisotopic (exact) mass is 410 g/mol. The predicted molar refractivity (Wildman–Crippen MR) is 106 cm³/mol. The highest BCUT2D eigenvalue weighted by molar-refractivity contribution is 7.89. The van der Waals surface area contributed by atoms with E-state index in [0.717, 1.165) is 12.0 Å².